The van der Waals surface area contributed by atoms with Gasteiger partial charge in [-0.15, -0.1) is 0 Å². The zero-order valence-electron chi connectivity index (χ0n) is 19.2. The fourth-order valence-corrected chi connectivity index (χ4v) is 5.45. The summed E-state index contributed by atoms with van der Waals surface area (Å²) in [7, 11) is 0. The van der Waals surface area contributed by atoms with Gasteiger partial charge in [-0.2, -0.15) is 0 Å². The summed E-state index contributed by atoms with van der Waals surface area (Å²) in [5, 5.41) is 23.7. The Bertz CT molecular complexity index is 1470. The summed E-state index contributed by atoms with van der Waals surface area (Å²) in [5.41, 5.74) is 1.96. The molecule has 4 aromatic rings. The Balaban J connectivity index is 1.63. The van der Waals surface area contributed by atoms with Crippen molar-refractivity contribution in [3.63, 3.8) is 0 Å². The molecular formula is C27H20Cl2N2O5S. The summed E-state index contributed by atoms with van der Waals surface area (Å²) in [6.45, 7) is -0.0952. The lowest BCUT2D eigenvalue weighted by Gasteiger charge is -2.23. The Kier molecular flexibility index (Phi) is 8.23. The van der Waals surface area contributed by atoms with Crippen LogP contribution in [0.2, 0.25) is 10.0 Å². The molecule has 10 heteroatoms. The van der Waals surface area contributed by atoms with Gasteiger partial charge in [-0.1, -0.05) is 59.6 Å². The zero-order valence-corrected chi connectivity index (χ0v) is 21.5. The molecule has 0 radical (unpaired) electrons. The molecule has 1 amide bonds. The molecule has 4 rings (SSSR count). The van der Waals surface area contributed by atoms with E-state index in [1.165, 1.54) is 24.1 Å². The van der Waals surface area contributed by atoms with E-state index in [2.05, 4.69) is 5.32 Å². The Labute approximate surface area is 226 Å². The van der Waals surface area contributed by atoms with Gasteiger partial charge in [0.25, 0.3) is 5.91 Å². The van der Waals surface area contributed by atoms with Crippen molar-refractivity contribution >= 4 is 69.5 Å². The number of hydrogen-bond acceptors (Lipinski definition) is 5. The van der Waals surface area contributed by atoms with E-state index in [0.717, 1.165) is 5.56 Å². The molecule has 0 spiro atoms. The highest BCUT2D eigenvalue weighted by molar-refractivity contribution is 8.00. The van der Waals surface area contributed by atoms with Crippen molar-refractivity contribution in [3.05, 3.63) is 106 Å². The van der Waals surface area contributed by atoms with Crippen LogP contribution in [0.25, 0.3) is 10.8 Å². The number of amides is 1. The molecule has 188 valence electrons. The summed E-state index contributed by atoms with van der Waals surface area (Å²) in [6, 6.07) is 21.9. The number of carbonyl (C=O) groups is 3. The summed E-state index contributed by atoms with van der Waals surface area (Å²) >= 11 is 13.4. The Morgan fingerprint density at radius 2 is 1.49 bits per heavy atom. The third kappa shape index (κ3) is 6.54. The molecule has 7 nitrogen and oxygen atoms in total. The third-order valence-electron chi connectivity index (χ3n) is 5.40. The van der Waals surface area contributed by atoms with Crippen LogP contribution in [-0.2, 0) is 11.3 Å². The van der Waals surface area contributed by atoms with Crippen molar-refractivity contribution in [3.8, 4) is 0 Å². The molecule has 0 saturated carbocycles. The summed E-state index contributed by atoms with van der Waals surface area (Å²) in [6.07, 6.45) is 0. The molecule has 0 unspecified atom stereocenters. The lowest BCUT2D eigenvalue weighted by Crippen LogP contribution is -2.24. The fourth-order valence-electron chi connectivity index (χ4n) is 3.75. The maximum absolute atomic E-state index is 13.1. The van der Waals surface area contributed by atoms with Gasteiger partial charge in [-0.05, 0) is 65.4 Å². The third-order valence-corrected chi connectivity index (χ3v) is 6.83. The summed E-state index contributed by atoms with van der Waals surface area (Å²) in [5.74, 6) is -2.36. The van der Waals surface area contributed by atoms with E-state index in [-0.39, 0.29) is 24.6 Å². The number of hydrogen-bond donors (Lipinski definition) is 3. The average molecular weight is 555 g/mol. The Morgan fingerprint density at radius 3 is 2.14 bits per heavy atom. The first-order chi connectivity index (χ1) is 17.7. The van der Waals surface area contributed by atoms with Crippen molar-refractivity contribution in [2.75, 3.05) is 10.8 Å². The van der Waals surface area contributed by atoms with E-state index in [9.17, 15) is 19.5 Å². The number of nitrogens with one attached hydrogen (secondary N) is 1. The number of aromatic carboxylic acids is 1. The largest absolute Gasteiger partial charge is 0.480 e. The predicted molar refractivity (Wildman–Crippen MR) is 146 cm³/mol. The second-order valence-corrected chi connectivity index (χ2v) is 9.96. The highest BCUT2D eigenvalue weighted by Crippen LogP contribution is 2.37. The van der Waals surface area contributed by atoms with Gasteiger partial charge in [0.1, 0.15) is 6.54 Å². The van der Waals surface area contributed by atoms with Gasteiger partial charge in [0, 0.05) is 32.4 Å². The second-order valence-electron chi connectivity index (χ2n) is 7.99. The van der Waals surface area contributed by atoms with Gasteiger partial charge in [0.05, 0.1) is 11.3 Å². The van der Waals surface area contributed by atoms with E-state index in [1.807, 2.05) is 6.07 Å². The highest BCUT2D eigenvalue weighted by Gasteiger charge is 2.18. The first-order valence-electron chi connectivity index (χ1n) is 11.0. The average Bonchev–Trinajstić information content (AvgIpc) is 2.85. The van der Waals surface area contributed by atoms with Crippen molar-refractivity contribution in [1.82, 2.24) is 5.32 Å². The molecule has 0 aliphatic heterocycles. The van der Waals surface area contributed by atoms with Crippen LogP contribution in [0.4, 0.5) is 5.69 Å². The van der Waals surface area contributed by atoms with Gasteiger partial charge in [0.15, 0.2) is 0 Å². The number of carboxylic acids is 2. The molecule has 0 atom stereocenters. The lowest BCUT2D eigenvalue weighted by molar-refractivity contribution is -0.135. The van der Waals surface area contributed by atoms with Crippen molar-refractivity contribution < 1.29 is 24.6 Å². The first-order valence-corrected chi connectivity index (χ1v) is 12.5. The van der Waals surface area contributed by atoms with Crippen LogP contribution in [-0.4, -0.2) is 34.6 Å². The van der Waals surface area contributed by atoms with Crippen LogP contribution in [0.5, 0.6) is 0 Å². The molecule has 37 heavy (non-hydrogen) atoms. The van der Waals surface area contributed by atoms with Crippen molar-refractivity contribution in [2.24, 2.45) is 0 Å². The topological polar surface area (TPSA) is 107 Å². The molecule has 0 fully saturated rings. The summed E-state index contributed by atoms with van der Waals surface area (Å²) in [4.78, 5) is 36.5. The SMILES string of the molecule is O=C(O)CN(Sc1cc(Cl)cc(Cl)c1)c1cccc2c(C(=O)NCc3ccc(C(=O)O)cc3)cccc12. The van der Waals surface area contributed by atoms with E-state index < -0.39 is 11.9 Å². The zero-order chi connectivity index (χ0) is 26.5. The van der Waals surface area contributed by atoms with Crippen LogP contribution in [0.15, 0.2) is 83.8 Å². The van der Waals surface area contributed by atoms with E-state index in [0.29, 0.717) is 37.0 Å². The molecule has 4 aromatic carbocycles. The number of benzene rings is 4. The first kappa shape index (κ1) is 26.3. The maximum atomic E-state index is 13.1. The number of rotatable bonds is 9. The second kappa shape index (κ2) is 11.6. The maximum Gasteiger partial charge on any atom is 0.335 e. The van der Waals surface area contributed by atoms with Crippen molar-refractivity contribution in [1.29, 1.82) is 0 Å². The molecule has 3 N–H and O–H groups in total. The van der Waals surface area contributed by atoms with Crippen LogP contribution in [0.3, 0.4) is 0 Å². The van der Waals surface area contributed by atoms with Crippen LogP contribution < -0.4 is 9.62 Å². The highest BCUT2D eigenvalue weighted by atomic mass is 35.5. The number of anilines is 1. The van der Waals surface area contributed by atoms with Crippen LogP contribution in [0, 0.1) is 0 Å². The fraction of sp³-hybridized carbons (Fsp3) is 0.0741. The van der Waals surface area contributed by atoms with Gasteiger partial charge in [-0.25, -0.2) is 4.79 Å². The quantitative estimate of drug-likeness (QED) is 0.206. The monoisotopic (exact) mass is 554 g/mol. The van der Waals surface area contributed by atoms with E-state index in [4.69, 9.17) is 28.3 Å². The van der Waals surface area contributed by atoms with Crippen LogP contribution >= 0.6 is 35.1 Å². The van der Waals surface area contributed by atoms with E-state index in [1.54, 1.807) is 65.0 Å². The Hall–Kier alpha value is -3.72. The summed E-state index contributed by atoms with van der Waals surface area (Å²) < 4.78 is 1.61. The molecule has 0 aliphatic rings. The van der Waals surface area contributed by atoms with Gasteiger partial charge in [-0.3, -0.25) is 9.59 Å². The smallest absolute Gasteiger partial charge is 0.335 e. The minimum Gasteiger partial charge on any atom is -0.480 e. The lowest BCUT2D eigenvalue weighted by atomic mass is 10.0. The standard InChI is InChI=1S/C27H20Cl2N2O5S/c28-18-11-19(29)13-20(12-18)37-31(15-25(32)33)24-6-2-3-21-22(24)4-1-5-23(21)26(34)30-14-16-7-9-17(10-8-16)27(35)36/h1-13H,14-15H2,(H,30,34)(H,32,33)(H,35,36). The number of fused-ring (bicyclic) bond motifs is 1. The minimum atomic E-state index is -1.03. The van der Waals surface area contributed by atoms with Gasteiger partial charge < -0.3 is 19.8 Å². The van der Waals surface area contributed by atoms with E-state index >= 15 is 0 Å². The number of halogens is 2. The molecular weight excluding hydrogens is 535 g/mol. The normalized spacial score (nSPS) is 10.8. The molecule has 0 saturated heterocycles. The molecule has 0 heterocycles. The number of nitrogens with zero attached hydrogens (tertiary/aromatic N) is 1. The van der Waals surface area contributed by atoms with Gasteiger partial charge in [0.2, 0.25) is 0 Å². The molecule has 0 aromatic heterocycles. The van der Waals surface area contributed by atoms with Crippen LogP contribution in [0.1, 0.15) is 26.3 Å². The molecule has 0 bridgehead atoms. The minimum absolute atomic E-state index is 0.167. The predicted octanol–water partition coefficient (Wildman–Crippen LogP) is 6.37. The number of aliphatic carboxylic acids is 1. The number of carbonyl (C=O) groups excluding carboxylic acids is 1. The molecule has 0 aliphatic carbocycles. The van der Waals surface area contributed by atoms with Crippen molar-refractivity contribution in [2.45, 2.75) is 11.4 Å². The number of carboxylic acid groups (broad SMARTS) is 2. The Morgan fingerprint density at radius 1 is 0.838 bits per heavy atom. The van der Waals surface area contributed by atoms with Gasteiger partial charge >= 0.3 is 11.9 Å².